The highest BCUT2D eigenvalue weighted by Gasteiger charge is 2.35. The Bertz CT molecular complexity index is 1930. The van der Waals surface area contributed by atoms with Crippen LogP contribution < -0.4 is 24.4 Å². The molecule has 0 amide bonds. The number of nitrogens with zero attached hydrogens (tertiary/aromatic N) is 2. The molecule has 0 saturated heterocycles. The lowest BCUT2D eigenvalue weighted by molar-refractivity contribution is -0.139. The van der Waals surface area contributed by atoms with Gasteiger partial charge in [-0.2, -0.15) is 0 Å². The highest BCUT2D eigenvalue weighted by Crippen LogP contribution is 2.37. The monoisotopic (exact) mass is 588 g/mol. The zero-order valence-electron chi connectivity index (χ0n) is 23.6. The number of esters is 1. The number of fused-ring (bicyclic) bond motifs is 1. The van der Waals surface area contributed by atoms with Gasteiger partial charge in [-0.3, -0.25) is 9.36 Å². The second kappa shape index (κ2) is 11.5. The first kappa shape index (κ1) is 28.6. The summed E-state index contributed by atoms with van der Waals surface area (Å²) in [5.41, 5.74) is 2.54. The van der Waals surface area contributed by atoms with E-state index in [-0.39, 0.29) is 23.3 Å². The molecule has 0 unspecified atom stereocenters. The minimum Gasteiger partial charge on any atom is -0.497 e. The van der Waals surface area contributed by atoms with Crippen LogP contribution in [0.15, 0.2) is 74.0 Å². The minimum atomic E-state index is -1.01. The van der Waals surface area contributed by atoms with Gasteiger partial charge in [0.2, 0.25) is 0 Å². The maximum absolute atomic E-state index is 13.9. The van der Waals surface area contributed by atoms with Gasteiger partial charge in [0.15, 0.2) is 4.80 Å². The first-order chi connectivity index (χ1) is 20.2. The van der Waals surface area contributed by atoms with Crippen LogP contribution in [0.25, 0.3) is 17.4 Å². The van der Waals surface area contributed by atoms with Crippen LogP contribution in [0, 0.1) is 6.92 Å². The second-order valence-electron chi connectivity index (χ2n) is 9.45. The number of benzene rings is 2. The highest BCUT2D eigenvalue weighted by atomic mass is 32.1. The molecular formula is C31H28N2O8S. The molecule has 3 heterocycles. The largest absolute Gasteiger partial charge is 0.497 e. The van der Waals surface area contributed by atoms with Crippen molar-refractivity contribution in [1.29, 1.82) is 0 Å². The molecule has 1 aliphatic rings. The number of aromatic carboxylic acids is 1. The van der Waals surface area contributed by atoms with Gasteiger partial charge in [0.1, 0.15) is 29.1 Å². The Morgan fingerprint density at radius 3 is 2.55 bits per heavy atom. The van der Waals surface area contributed by atoms with Crippen LogP contribution in [-0.4, -0.2) is 42.4 Å². The number of aromatic nitrogens is 1. The highest BCUT2D eigenvalue weighted by molar-refractivity contribution is 7.07. The van der Waals surface area contributed by atoms with Gasteiger partial charge < -0.3 is 23.7 Å². The molecule has 0 bridgehead atoms. The first-order valence-electron chi connectivity index (χ1n) is 13.0. The third-order valence-electron chi connectivity index (χ3n) is 6.89. The number of allylic oxidation sites excluding steroid dienone is 1. The van der Waals surface area contributed by atoms with Gasteiger partial charge in [-0.25, -0.2) is 14.6 Å². The Hall–Kier alpha value is -4.90. The van der Waals surface area contributed by atoms with Gasteiger partial charge in [0.25, 0.3) is 5.56 Å². The quantitative estimate of drug-likeness (QED) is 0.305. The van der Waals surface area contributed by atoms with Crippen molar-refractivity contribution in [2.45, 2.75) is 26.8 Å². The number of thiazole rings is 1. The van der Waals surface area contributed by atoms with E-state index in [0.717, 1.165) is 11.1 Å². The van der Waals surface area contributed by atoms with Crippen LogP contribution >= 0.6 is 11.3 Å². The van der Waals surface area contributed by atoms with Crippen LogP contribution in [0.5, 0.6) is 11.5 Å². The molecule has 2 aromatic heterocycles. The number of hydrogen-bond donors (Lipinski definition) is 1. The van der Waals surface area contributed by atoms with Gasteiger partial charge in [-0.05, 0) is 62.7 Å². The zero-order chi connectivity index (χ0) is 30.1. The average Bonchev–Trinajstić information content (AvgIpc) is 3.55. The Kier molecular flexibility index (Phi) is 7.86. The van der Waals surface area contributed by atoms with Crippen molar-refractivity contribution < 1.29 is 33.3 Å². The summed E-state index contributed by atoms with van der Waals surface area (Å²) in [4.78, 5) is 43.4. The van der Waals surface area contributed by atoms with Crippen LogP contribution in [-0.2, 0) is 9.53 Å². The summed E-state index contributed by atoms with van der Waals surface area (Å²) in [5, 5.41) is 9.26. The van der Waals surface area contributed by atoms with Crippen LogP contribution in [0.3, 0.4) is 0 Å². The predicted octanol–water partition coefficient (Wildman–Crippen LogP) is 4.08. The lowest BCUT2D eigenvalue weighted by Crippen LogP contribution is -2.40. The van der Waals surface area contributed by atoms with Gasteiger partial charge in [-0.1, -0.05) is 17.4 Å². The standard InChI is InChI=1S/C31H28N2O8S/c1-6-40-30(37)26-17(3)32-31-33(27(26)22-11-8-19(38-4)14-24(22)39-5)28(34)25(42-31)15-20-9-12-23(41-20)21-10-7-18(29(35)36)13-16(21)2/h7-15,27H,6H2,1-5H3,(H,35,36)/t27-/m1/s1. The summed E-state index contributed by atoms with van der Waals surface area (Å²) >= 11 is 1.17. The van der Waals surface area contributed by atoms with Crippen molar-refractivity contribution in [3.05, 3.63) is 102 Å². The Morgan fingerprint density at radius 2 is 1.88 bits per heavy atom. The summed E-state index contributed by atoms with van der Waals surface area (Å²) < 4.78 is 24.2. The van der Waals surface area contributed by atoms with E-state index in [4.69, 9.17) is 18.6 Å². The molecule has 5 rings (SSSR count). The second-order valence-corrected chi connectivity index (χ2v) is 10.5. The number of aryl methyl sites for hydroxylation is 1. The van der Waals surface area contributed by atoms with E-state index in [9.17, 15) is 19.5 Å². The number of methoxy groups -OCH3 is 2. The third-order valence-corrected chi connectivity index (χ3v) is 7.87. The molecular weight excluding hydrogens is 560 g/mol. The SMILES string of the molecule is CCOC(=O)C1=C(C)N=c2sc(=Cc3ccc(-c4ccc(C(=O)O)cc4C)o3)c(=O)n2[C@@H]1c1ccc(OC)cc1OC. The lowest BCUT2D eigenvalue weighted by Gasteiger charge is -2.26. The molecule has 0 aliphatic carbocycles. The molecule has 11 heteroatoms. The fraction of sp³-hybridized carbons (Fsp3) is 0.226. The van der Waals surface area contributed by atoms with E-state index in [0.29, 0.717) is 43.6 Å². The van der Waals surface area contributed by atoms with Crippen molar-refractivity contribution in [1.82, 2.24) is 4.57 Å². The summed E-state index contributed by atoms with van der Waals surface area (Å²) in [7, 11) is 3.05. The minimum absolute atomic E-state index is 0.159. The van der Waals surface area contributed by atoms with E-state index < -0.39 is 18.0 Å². The normalized spacial score (nSPS) is 14.8. The average molecular weight is 589 g/mol. The third kappa shape index (κ3) is 5.14. The molecule has 0 radical (unpaired) electrons. The van der Waals surface area contributed by atoms with Crippen molar-refractivity contribution in [2.75, 3.05) is 20.8 Å². The fourth-order valence-electron chi connectivity index (χ4n) is 4.91. The van der Waals surface area contributed by atoms with E-state index in [1.807, 2.05) is 0 Å². The fourth-order valence-corrected chi connectivity index (χ4v) is 5.93. The number of carbonyl (C=O) groups is 2. The molecule has 1 N–H and O–H groups in total. The molecule has 4 aromatic rings. The van der Waals surface area contributed by atoms with Crippen molar-refractivity contribution in [2.24, 2.45) is 4.99 Å². The predicted molar refractivity (Wildman–Crippen MR) is 156 cm³/mol. The number of hydrogen-bond acceptors (Lipinski definition) is 9. The van der Waals surface area contributed by atoms with Crippen molar-refractivity contribution in [3.63, 3.8) is 0 Å². The van der Waals surface area contributed by atoms with E-state index in [1.165, 1.54) is 36.2 Å². The summed E-state index contributed by atoms with van der Waals surface area (Å²) in [5.74, 6) is 0.373. The Balaban J connectivity index is 1.64. The molecule has 0 saturated carbocycles. The number of furan rings is 1. The summed E-state index contributed by atoms with van der Waals surface area (Å²) in [6.45, 7) is 5.39. The lowest BCUT2D eigenvalue weighted by atomic mass is 9.95. The smallest absolute Gasteiger partial charge is 0.338 e. The molecule has 2 aromatic carbocycles. The number of ether oxygens (including phenoxy) is 3. The Morgan fingerprint density at radius 1 is 1.10 bits per heavy atom. The van der Waals surface area contributed by atoms with E-state index in [2.05, 4.69) is 4.99 Å². The van der Waals surface area contributed by atoms with Crippen LogP contribution in [0.2, 0.25) is 0 Å². The number of rotatable bonds is 8. The van der Waals surface area contributed by atoms with Crippen LogP contribution in [0.1, 0.15) is 47.1 Å². The zero-order valence-corrected chi connectivity index (χ0v) is 24.4. The van der Waals surface area contributed by atoms with Crippen molar-refractivity contribution >= 4 is 29.4 Å². The maximum atomic E-state index is 13.9. The Labute approximate surface area is 244 Å². The van der Waals surface area contributed by atoms with E-state index in [1.54, 1.807) is 69.3 Å². The molecule has 0 spiro atoms. The van der Waals surface area contributed by atoms with Gasteiger partial charge in [0, 0.05) is 23.3 Å². The molecule has 216 valence electrons. The molecule has 0 fully saturated rings. The first-order valence-corrected chi connectivity index (χ1v) is 13.8. The van der Waals surface area contributed by atoms with Gasteiger partial charge >= 0.3 is 11.9 Å². The maximum Gasteiger partial charge on any atom is 0.338 e. The number of carbonyl (C=O) groups excluding carboxylic acids is 1. The molecule has 10 nitrogen and oxygen atoms in total. The summed E-state index contributed by atoms with van der Waals surface area (Å²) in [6.07, 6.45) is 1.62. The van der Waals surface area contributed by atoms with Gasteiger partial charge in [-0.15, -0.1) is 0 Å². The summed E-state index contributed by atoms with van der Waals surface area (Å²) in [6, 6.07) is 12.6. The van der Waals surface area contributed by atoms with Crippen LogP contribution in [0.4, 0.5) is 0 Å². The number of carboxylic acid groups (broad SMARTS) is 1. The molecule has 1 atom stereocenters. The molecule has 42 heavy (non-hydrogen) atoms. The topological polar surface area (TPSA) is 130 Å². The van der Waals surface area contributed by atoms with Gasteiger partial charge in [0.05, 0.1) is 42.2 Å². The van der Waals surface area contributed by atoms with Crippen molar-refractivity contribution in [3.8, 4) is 22.8 Å². The molecule has 1 aliphatic heterocycles. The van der Waals surface area contributed by atoms with E-state index >= 15 is 0 Å². The number of carboxylic acids is 1.